The first-order valence-electron chi connectivity index (χ1n) is 6.84. The van der Waals surface area contributed by atoms with E-state index in [0.717, 1.165) is 25.4 Å². The largest absolute Gasteiger partial charge is 0.314 e. The standard InChI is InChI=1S/C13H22N4/c1-10-5-6-12-14-15-13(17(12)8-10)11-4-3-7-16(2)9-11/h10-11H,3-9H2,1-2H3. The lowest BCUT2D eigenvalue weighted by Crippen LogP contribution is -2.33. The van der Waals surface area contributed by atoms with Gasteiger partial charge in [0.05, 0.1) is 0 Å². The molecule has 1 aromatic rings. The molecule has 3 rings (SSSR count). The van der Waals surface area contributed by atoms with Gasteiger partial charge in [0, 0.05) is 25.4 Å². The van der Waals surface area contributed by atoms with Crippen LogP contribution in [0.4, 0.5) is 0 Å². The van der Waals surface area contributed by atoms with Gasteiger partial charge < -0.3 is 9.47 Å². The molecular weight excluding hydrogens is 212 g/mol. The molecule has 3 heterocycles. The topological polar surface area (TPSA) is 34.0 Å². The van der Waals surface area contributed by atoms with E-state index < -0.39 is 0 Å². The summed E-state index contributed by atoms with van der Waals surface area (Å²) in [5, 5.41) is 8.86. The first-order valence-corrected chi connectivity index (χ1v) is 6.84. The van der Waals surface area contributed by atoms with Crippen molar-refractivity contribution in [1.29, 1.82) is 0 Å². The van der Waals surface area contributed by atoms with Crippen molar-refractivity contribution < 1.29 is 0 Å². The van der Waals surface area contributed by atoms with Crippen molar-refractivity contribution in [3.63, 3.8) is 0 Å². The van der Waals surface area contributed by atoms with Crippen LogP contribution in [0.2, 0.25) is 0 Å². The van der Waals surface area contributed by atoms with Crippen molar-refractivity contribution in [3.05, 3.63) is 11.6 Å². The maximum Gasteiger partial charge on any atom is 0.137 e. The van der Waals surface area contributed by atoms with Gasteiger partial charge in [-0.2, -0.15) is 0 Å². The van der Waals surface area contributed by atoms with Crippen LogP contribution in [0.5, 0.6) is 0 Å². The van der Waals surface area contributed by atoms with E-state index >= 15 is 0 Å². The van der Waals surface area contributed by atoms with E-state index in [2.05, 4.69) is 33.6 Å². The molecule has 0 aliphatic carbocycles. The van der Waals surface area contributed by atoms with Crippen LogP contribution >= 0.6 is 0 Å². The lowest BCUT2D eigenvalue weighted by molar-refractivity contribution is 0.239. The number of likely N-dealkylation sites (N-methyl/N-ethyl adjacent to an activating group) is 1. The molecule has 1 saturated heterocycles. The summed E-state index contributed by atoms with van der Waals surface area (Å²) in [6.07, 6.45) is 4.94. The van der Waals surface area contributed by atoms with Gasteiger partial charge in [0.25, 0.3) is 0 Å². The van der Waals surface area contributed by atoms with Crippen molar-refractivity contribution in [3.8, 4) is 0 Å². The highest BCUT2D eigenvalue weighted by atomic mass is 15.3. The van der Waals surface area contributed by atoms with Gasteiger partial charge in [0.15, 0.2) is 0 Å². The van der Waals surface area contributed by atoms with Crippen LogP contribution < -0.4 is 0 Å². The molecule has 0 radical (unpaired) electrons. The van der Waals surface area contributed by atoms with Crippen LogP contribution in [0.15, 0.2) is 0 Å². The van der Waals surface area contributed by atoms with E-state index in [1.54, 1.807) is 0 Å². The van der Waals surface area contributed by atoms with E-state index in [9.17, 15) is 0 Å². The summed E-state index contributed by atoms with van der Waals surface area (Å²) in [6.45, 7) is 5.83. The summed E-state index contributed by atoms with van der Waals surface area (Å²) in [6, 6.07) is 0. The van der Waals surface area contributed by atoms with Gasteiger partial charge in [0.1, 0.15) is 11.6 Å². The lowest BCUT2D eigenvalue weighted by Gasteiger charge is -2.30. The minimum absolute atomic E-state index is 0.597. The number of likely N-dealkylation sites (tertiary alicyclic amines) is 1. The number of nitrogens with zero attached hydrogens (tertiary/aromatic N) is 4. The van der Waals surface area contributed by atoms with E-state index in [1.165, 1.54) is 37.5 Å². The number of fused-ring (bicyclic) bond motifs is 1. The highest BCUT2D eigenvalue weighted by Crippen LogP contribution is 2.28. The molecule has 0 bridgehead atoms. The van der Waals surface area contributed by atoms with Gasteiger partial charge in [-0.1, -0.05) is 6.92 Å². The highest BCUT2D eigenvalue weighted by molar-refractivity contribution is 5.06. The highest BCUT2D eigenvalue weighted by Gasteiger charge is 2.27. The molecular formula is C13H22N4. The third-order valence-corrected chi connectivity index (χ3v) is 4.20. The number of aryl methyl sites for hydroxylation is 1. The molecule has 4 nitrogen and oxygen atoms in total. The van der Waals surface area contributed by atoms with Gasteiger partial charge in [-0.3, -0.25) is 0 Å². The second-order valence-corrected chi connectivity index (χ2v) is 5.83. The molecule has 2 aliphatic heterocycles. The number of aromatic nitrogens is 3. The van der Waals surface area contributed by atoms with Crippen molar-refractivity contribution >= 4 is 0 Å². The maximum absolute atomic E-state index is 4.48. The van der Waals surface area contributed by atoms with Crippen molar-refractivity contribution in [2.45, 2.75) is 45.1 Å². The molecule has 17 heavy (non-hydrogen) atoms. The quantitative estimate of drug-likeness (QED) is 0.741. The Morgan fingerprint density at radius 3 is 2.88 bits per heavy atom. The third-order valence-electron chi connectivity index (χ3n) is 4.20. The lowest BCUT2D eigenvalue weighted by atomic mass is 9.96. The Hall–Kier alpha value is -0.900. The minimum atomic E-state index is 0.597. The minimum Gasteiger partial charge on any atom is -0.314 e. The first-order chi connectivity index (χ1) is 8.24. The Morgan fingerprint density at radius 2 is 2.06 bits per heavy atom. The molecule has 94 valence electrons. The fourth-order valence-corrected chi connectivity index (χ4v) is 3.19. The zero-order chi connectivity index (χ0) is 11.8. The summed E-state index contributed by atoms with van der Waals surface area (Å²) in [7, 11) is 2.21. The fraction of sp³-hybridized carbons (Fsp3) is 0.846. The van der Waals surface area contributed by atoms with Gasteiger partial charge >= 0.3 is 0 Å². The second-order valence-electron chi connectivity index (χ2n) is 5.83. The van der Waals surface area contributed by atoms with Crippen molar-refractivity contribution in [1.82, 2.24) is 19.7 Å². The summed E-state index contributed by atoms with van der Waals surface area (Å²) in [5.74, 6) is 3.84. The predicted molar refractivity (Wildman–Crippen MR) is 67.0 cm³/mol. The van der Waals surface area contributed by atoms with E-state index in [1.807, 2.05) is 0 Å². The average molecular weight is 234 g/mol. The third kappa shape index (κ3) is 2.10. The average Bonchev–Trinajstić information content (AvgIpc) is 2.71. The molecule has 0 aromatic carbocycles. The Labute approximate surface area is 103 Å². The molecule has 0 amide bonds. The molecule has 1 fully saturated rings. The van der Waals surface area contributed by atoms with Crippen LogP contribution in [0.1, 0.15) is 43.8 Å². The Morgan fingerprint density at radius 1 is 1.18 bits per heavy atom. The zero-order valence-electron chi connectivity index (χ0n) is 10.9. The van der Waals surface area contributed by atoms with Gasteiger partial charge in [0.2, 0.25) is 0 Å². The first kappa shape index (κ1) is 11.2. The van der Waals surface area contributed by atoms with Gasteiger partial charge in [-0.05, 0) is 38.8 Å². The van der Waals surface area contributed by atoms with Crippen LogP contribution in [-0.2, 0) is 13.0 Å². The van der Waals surface area contributed by atoms with Gasteiger partial charge in [-0.25, -0.2) is 0 Å². The van der Waals surface area contributed by atoms with Crippen molar-refractivity contribution in [2.24, 2.45) is 5.92 Å². The molecule has 2 unspecified atom stereocenters. The Bertz CT molecular complexity index is 398. The molecule has 2 aliphatic rings. The second kappa shape index (κ2) is 4.41. The fourth-order valence-electron chi connectivity index (χ4n) is 3.19. The van der Waals surface area contributed by atoms with E-state index in [0.29, 0.717) is 5.92 Å². The molecule has 0 spiro atoms. The van der Waals surface area contributed by atoms with Crippen molar-refractivity contribution in [2.75, 3.05) is 20.1 Å². The Kier molecular flexibility index (Phi) is 2.90. The summed E-state index contributed by atoms with van der Waals surface area (Å²) < 4.78 is 2.40. The maximum atomic E-state index is 4.48. The van der Waals surface area contributed by atoms with E-state index in [4.69, 9.17) is 0 Å². The van der Waals surface area contributed by atoms with Gasteiger partial charge in [-0.15, -0.1) is 10.2 Å². The predicted octanol–water partition coefficient (Wildman–Crippen LogP) is 1.67. The normalized spacial score (nSPS) is 30.2. The summed E-state index contributed by atoms with van der Waals surface area (Å²) >= 11 is 0. The molecule has 4 heteroatoms. The number of rotatable bonds is 1. The molecule has 2 atom stereocenters. The monoisotopic (exact) mass is 234 g/mol. The molecule has 0 saturated carbocycles. The smallest absolute Gasteiger partial charge is 0.137 e. The number of piperidine rings is 1. The van der Waals surface area contributed by atoms with Crippen LogP contribution in [-0.4, -0.2) is 39.8 Å². The molecule has 1 aromatic heterocycles. The number of hydrogen-bond donors (Lipinski definition) is 0. The number of hydrogen-bond acceptors (Lipinski definition) is 3. The summed E-state index contributed by atoms with van der Waals surface area (Å²) in [5.41, 5.74) is 0. The molecule has 0 N–H and O–H groups in total. The summed E-state index contributed by atoms with van der Waals surface area (Å²) in [4.78, 5) is 2.42. The SMILES string of the molecule is CC1CCc2nnc(C3CCCN(C)C3)n2C1. The van der Waals surface area contributed by atoms with Crippen LogP contribution in [0, 0.1) is 5.92 Å². The zero-order valence-corrected chi connectivity index (χ0v) is 10.9. The van der Waals surface area contributed by atoms with E-state index in [-0.39, 0.29) is 0 Å². The van der Waals surface area contributed by atoms with Crippen LogP contribution in [0.25, 0.3) is 0 Å². The van der Waals surface area contributed by atoms with Crippen LogP contribution in [0.3, 0.4) is 0 Å². The Balaban J connectivity index is 1.85.